The van der Waals surface area contributed by atoms with Crippen molar-refractivity contribution in [3.05, 3.63) is 59.6 Å². The van der Waals surface area contributed by atoms with Crippen LogP contribution in [0, 0.1) is 0 Å². The van der Waals surface area contributed by atoms with Crippen LogP contribution in [-0.4, -0.2) is 30.2 Å². The molecule has 7 nitrogen and oxygen atoms in total. The molecule has 0 saturated heterocycles. The minimum atomic E-state index is -0.571. The van der Waals surface area contributed by atoms with Gasteiger partial charge in [-0.1, -0.05) is 29.4 Å². The van der Waals surface area contributed by atoms with E-state index in [9.17, 15) is 9.59 Å². The molecule has 1 N–H and O–H groups in total. The van der Waals surface area contributed by atoms with Gasteiger partial charge in [0, 0.05) is 6.07 Å². The summed E-state index contributed by atoms with van der Waals surface area (Å²) in [6.07, 6.45) is 0. The van der Waals surface area contributed by atoms with Gasteiger partial charge in [0.05, 0.1) is 4.88 Å². The summed E-state index contributed by atoms with van der Waals surface area (Å²) >= 11 is 1.53. The fraction of sp³-hybridized carbons (Fsp3) is 0.167. The van der Waals surface area contributed by atoms with Gasteiger partial charge in [0.15, 0.2) is 12.4 Å². The van der Waals surface area contributed by atoms with Gasteiger partial charge >= 0.3 is 5.97 Å². The van der Waals surface area contributed by atoms with Crippen molar-refractivity contribution in [2.45, 2.75) is 6.61 Å². The second-order valence-corrected chi connectivity index (χ2v) is 6.15. The van der Waals surface area contributed by atoms with E-state index in [4.69, 9.17) is 14.0 Å². The van der Waals surface area contributed by atoms with E-state index in [-0.39, 0.29) is 19.8 Å². The predicted octanol–water partition coefficient (Wildman–Crippen LogP) is 2.64. The smallest absolute Gasteiger partial charge is 0.325 e. The Labute approximate surface area is 153 Å². The van der Waals surface area contributed by atoms with Crippen molar-refractivity contribution in [2.75, 3.05) is 13.2 Å². The number of ether oxygens (including phenoxy) is 2. The van der Waals surface area contributed by atoms with Crippen LogP contribution in [0.15, 0.2) is 58.4 Å². The molecule has 0 saturated carbocycles. The molecule has 0 spiro atoms. The van der Waals surface area contributed by atoms with Crippen molar-refractivity contribution in [3.8, 4) is 16.4 Å². The number of nitrogens with one attached hydrogen (secondary N) is 1. The third-order valence-electron chi connectivity index (χ3n) is 3.25. The molecule has 0 aliphatic rings. The summed E-state index contributed by atoms with van der Waals surface area (Å²) in [5, 5.41) is 8.22. The van der Waals surface area contributed by atoms with Crippen LogP contribution in [-0.2, 0) is 20.9 Å². The van der Waals surface area contributed by atoms with E-state index in [2.05, 4.69) is 10.5 Å². The van der Waals surface area contributed by atoms with Crippen molar-refractivity contribution >= 4 is 23.2 Å². The quantitative estimate of drug-likeness (QED) is 0.611. The third-order valence-corrected chi connectivity index (χ3v) is 4.13. The molecule has 2 aromatic heterocycles. The van der Waals surface area contributed by atoms with Crippen molar-refractivity contribution in [2.24, 2.45) is 0 Å². The summed E-state index contributed by atoms with van der Waals surface area (Å²) < 4.78 is 15.5. The highest BCUT2D eigenvalue weighted by Gasteiger charge is 2.11. The lowest BCUT2D eigenvalue weighted by atomic mass is 10.3. The van der Waals surface area contributed by atoms with Crippen LogP contribution < -0.4 is 10.1 Å². The normalized spacial score (nSPS) is 10.3. The van der Waals surface area contributed by atoms with Crippen LogP contribution in [0.5, 0.6) is 5.75 Å². The number of hydrogen-bond acceptors (Lipinski definition) is 7. The average molecular weight is 372 g/mol. The molecule has 0 radical (unpaired) electrons. The monoisotopic (exact) mass is 372 g/mol. The number of thiophene rings is 1. The van der Waals surface area contributed by atoms with Gasteiger partial charge in [-0.3, -0.25) is 9.59 Å². The highest BCUT2D eigenvalue weighted by atomic mass is 32.1. The molecule has 0 fully saturated rings. The largest absolute Gasteiger partial charge is 0.484 e. The van der Waals surface area contributed by atoms with Crippen LogP contribution in [0.2, 0.25) is 0 Å². The molecule has 0 aliphatic heterocycles. The van der Waals surface area contributed by atoms with E-state index < -0.39 is 11.9 Å². The van der Waals surface area contributed by atoms with Crippen LogP contribution in [0.4, 0.5) is 0 Å². The zero-order valence-corrected chi connectivity index (χ0v) is 14.5. The van der Waals surface area contributed by atoms with Gasteiger partial charge in [-0.05, 0) is 23.6 Å². The Morgan fingerprint density at radius 2 is 2.00 bits per heavy atom. The first-order chi connectivity index (χ1) is 12.7. The molecule has 8 heteroatoms. The topological polar surface area (TPSA) is 90.7 Å². The molecule has 1 aromatic carbocycles. The minimum Gasteiger partial charge on any atom is -0.484 e. The Balaban J connectivity index is 1.36. The third kappa shape index (κ3) is 5.18. The minimum absolute atomic E-state index is 0.0237. The van der Waals surface area contributed by atoms with Crippen molar-refractivity contribution in [3.63, 3.8) is 0 Å². The van der Waals surface area contributed by atoms with E-state index in [1.54, 1.807) is 30.3 Å². The first-order valence-electron chi connectivity index (χ1n) is 7.80. The van der Waals surface area contributed by atoms with Gasteiger partial charge < -0.3 is 19.3 Å². The molecule has 3 rings (SSSR count). The number of amides is 1. The summed E-state index contributed by atoms with van der Waals surface area (Å²) in [7, 11) is 0. The maximum Gasteiger partial charge on any atom is 0.325 e. The van der Waals surface area contributed by atoms with Crippen LogP contribution in [0.1, 0.15) is 5.69 Å². The van der Waals surface area contributed by atoms with Crippen molar-refractivity contribution < 1.29 is 23.6 Å². The Morgan fingerprint density at radius 1 is 1.15 bits per heavy atom. The molecule has 26 heavy (non-hydrogen) atoms. The number of nitrogens with zero attached hydrogens (tertiary/aromatic N) is 1. The first kappa shape index (κ1) is 17.7. The van der Waals surface area contributed by atoms with Gasteiger partial charge in [-0.2, -0.15) is 0 Å². The molecule has 0 aliphatic carbocycles. The Morgan fingerprint density at radius 3 is 2.77 bits per heavy atom. The van der Waals surface area contributed by atoms with Crippen LogP contribution in [0.25, 0.3) is 10.6 Å². The van der Waals surface area contributed by atoms with E-state index in [0.29, 0.717) is 17.2 Å². The number of carbonyl (C=O) groups is 2. The second-order valence-electron chi connectivity index (χ2n) is 5.20. The second kappa shape index (κ2) is 8.82. The van der Waals surface area contributed by atoms with E-state index in [0.717, 1.165) is 4.88 Å². The molecular weight excluding hydrogens is 356 g/mol. The summed E-state index contributed by atoms with van der Waals surface area (Å²) in [5.74, 6) is 0.223. The van der Waals surface area contributed by atoms with Crippen LogP contribution >= 0.6 is 11.3 Å². The molecule has 0 atom stereocenters. The standard InChI is InChI=1S/C18H16N2O5S/c21-17(12-23-14-5-2-1-3-6-14)19-10-18(22)24-11-13-9-15(25-20-13)16-7-4-8-26-16/h1-9H,10-12H2,(H,19,21). The summed E-state index contributed by atoms with van der Waals surface area (Å²) in [4.78, 5) is 24.3. The predicted molar refractivity (Wildman–Crippen MR) is 94.6 cm³/mol. The van der Waals surface area contributed by atoms with E-state index in [1.807, 2.05) is 23.6 Å². The molecular formula is C18H16N2O5S. The van der Waals surface area contributed by atoms with Crippen molar-refractivity contribution in [1.29, 1.82) is 0 Å². The SMILES string of the molecule is O=C(COc1ccccc1)NCC(=O)OCc1cc(-c2cccs2)on1. The van der Waals surface area contributed by atoms with Gasteiger partial charge in [0.25, 0.3) is 5.91 Å². The first-order valence-corrected chi connectivity index (χ1v) is 8.68. The average Bonchev–Trinajstić information content (AvgIpc) is 3.35. The van der Waals surface area contributed by atoms with E-state index >= 15 is 0 Å². The summed E-state index contributed by atoms with van der Waals surface area (Å²) in [6.45, 7) is -0.443. The molecule has 0 bridgehead atoms. The highest BCUT2D eigenvalue weighted by molar-refractivity contribution is 7.13. The zero-order chi connectivity index (χ0) is 18.2. The Hall–Kier alpha value is -3.13. The lowest BCUT2D eigenvalue weighted by Crippen LogP contribution is -2.34. The Kier molecular flexibility index (Phi) is 6.00. The van der Waals surface area contributed by atoms with Crippen LogP contribution in [0.3, 0.4) is 0 Å². The maximum atomic E-state index is 11.7. The highest BCUT2D eigenvalue weighted by Crippen LogP contribution is 2.25. The summed E-state index contributed by atoms with van der Waals surface area (Å²) in [6, 6.07) is 14.5. The number of esters is 1. The van der Waals surface area contributed by atoms with Gasteiger partial charge in [0.2, 0.25) is 0 Å². The number of aromatic nitrogens is 1. The number of carbonyl (C=O) groups excluding carboxylic acids is 2. The lowest BCUT2D eigenvalue weighted by Gasteiger charge is -2.07. The number of rotatable bonds is 8. The van der Waals surface area contributed by atoms with Crippen molar-refractivity contribution in [1.82, 2.24) is 10.5 Å². The zero-order valence-electron chi connectivity index (χ0n) is 13.7. The lowest BCUT2D eigenvalue weighted by molar-refractivity contribution is -0.145. The fourth-order valence-electron chi connectivity index (χ4n) is 2.01. The molecule has 2 heterocycles. The molecule has 3 aromatic rings. The summed E-state index contributed by atoms with van der Waals surface area (Å²) in [5.41, 5.74) is 0.500. The molecule has 1 amide bonds. The van der Waals surface area contributed by atoms with E-state index in [1.165, 1.54) is 11.3 Å². The van der Waals surface area contributed by atoms with Gasteiger partial charge in [-0.25, -0.2) is 0 Å². The van der Waals surface area contributed by atoms with Gasteiger partial charge in [0.1, 0.15) is 24.6 Å². The number of hydrogen-bond donors (Lipinski definition) is 1. The number of para-hydroxylation sites is 1. The fourth-order valence-corrected chi connectivity index (χ4v) is 2.68. The molecule has 134 valence electrons. The number of benzene rings is 1. The Bertz CT molecular complexity index is 846. The van der Waals surface area contributed by atoms with Gasteiger partial charge in [-0.15, -0.1) is 11.3 Å². The maximum absolute atomic E-state index is 11.7. The molecule has 0 unspecified atom stereocenters.